The molecule has 2 rings (SSSR count). The summed E-state index contributed by atoms with van der Waals surface area (Å²) >= 11 is 0. The molecule has 0 bridgehead atoms. The molecule has 0 spiro atoms. The maximum absolute atomic E-state index is 11.5. The number of rotatable bonds is 6. The summed E-state index contributed by atoms with van der Waals surface area (Å²) in [4.78, 5) is 11.5. The van der Waals surface area contributed by atoms with E-state index in [1.165, 1.54) is 12.3 Å². The van der Waals surface area contributed by atoms with Gasteiger partial charge >= 0.3 is 6.03 Å². The molecular weight excluding hydrogens is 309 g/mol. The number of nitrogens with two attached hydrogens (primary N) is 3. The van der Waals surface area contributed by atoms with Gasteiger partial charge in [0.25, 0.3) is 5.88 Å². The predicted octanol–water partition coefficient (Wildman–Crippen LogP) is -0.00700. The van der Waals surface area contributed by atoms with Crippen molar-refractivity contribution >= 4 is 27.5 Å². The number of hydrogen-bond donors (Lipinski definition) is 4. The van der Waals surface area contributed by atoms with Crippen LogP contribution in [0.2, 0.25) is 0 Å². The first kappa shape index (κ1) is 16.2. The molecule has 1 unspecified atom stereocenters. The number of carbonyl (C=O) groups excluding carboxylic acids is 1. The van der Waals surface area contributed by atoms with Gasteiger partial charge in [0.05, 0.1) is 11.3 Å². The summed E-state index contributed by atoms with van der Waals surface area (Å²) in [5.74, 6) is 11.2. The van der Waals surface area contributed by atoms with E-state index in [2.05, 4.69) is 19.3 Å². The minimum Gasteiger partial charge on any atom is -0.474 e. The van der Waals surface area contributed by atoms with Crippen LogP contribution in [0.25, 0.3) is 0 Å². The largest absolute Gasteiger partial charge is 0.474 e. The van der Waals surface area contributed by atoms with E-state index in [1.807, 2.05) is 5.43 Å². The number of amides is 2. The molecule has 10 nitrogen and oxygen atoms in total. The number of urea groups is 1. The van der Waals surface area contributed by atoms with Crippen LogP contribution in [0, 0.1) is 0 Å². The van der Waals surface area contributed by atoms with Crippen molar-refractivity contribution in [3.05, 3.63) is 23.2 Å². The Morgan fingerprint density at radius 2 is 2.36 bits per heavy atom. The second-order valence-corrected chi connectivity index (χ2v) is 4.90. The van der Waals surface area contributed by atoms with Crippen LogP contribution in [0.5, 0.6) is 0 Å². The molecule has 1 aromatic heterocycles. The summed E-state index contributed by atoms with van der Waals surface area (Å²) in [7, 11) is 2.17. The van der Waals surface area contributed by atoms with Crippen LogP contribution in [0.1, 0.15) is 30.0 Å². The molecular formula is C11H18N7O3P. The van der Waals surface area contributed by atoms with Crippen molar-refractivity contribution in [3.63, 3.8) is 0 Å². The third-order valence-corrected chi connectivity index (χ3v) is 3.20. The van der Waals surface area contributed by atoms with E-state index in [1.54, 1.807) is 0 Å². The predicted molar refractivity (Wildman–Crippen MR) is 83.1 cm³/mol. The van der Waals surface area contributed by atoms with E-state index < -0.39 is 6.03 Å². The summed E-state index contributed by atoms with van der Waals surface area (Å²) in [6, 6.07) is -0.738. The second-order valence-electron chi connectivity index (χ2n) is 4.60. The van der Waals surface area contributed by atoms with Gasteiger partial charge in [-0.05, 0) is 22.2 Å². The lowest BCUT2D eigenvalue weighted by Gasteiger charge is -2.14. The van der Waals surface area contributed by atoms with Crippen LogP contribution in [0.3, 0.4) is 0 Å². The molecule has 0 saturated heterocycles. The zero-order valence-corrected chi connectivity index (χ0v) is 12.9. The molecule has 22 heavy (non-hydrogen) atoms. The highest BCUT2D eigenvalue weighted by atomic mass is 31.0. The normalized spacial score (nSPS) is 15.1. The fraction of sp³-hybridized carbons (Fsp3) is 0.364. The van der Waals surface area contributed by atoms with Gasteiger partial charge in [-0.1, -0.05) is 5.16 Å². The van der Waals surface area contributed by atoms with E-state index in [0.29, 0.717) is 11.3 Å². The highest BCUT2D eigenvalue weighted by Gasteiger charge is 2.34. The van der Waals surface area contributed by atoms with Gasteiger partial charge < -0.3 is 15.0 Å². The highest BCUT2D eigenvalue weighted by molar-refractivity contribution is 7.15. The maximum atomic E-state index is 11.5. The first-order chi connectivity index (χ1) is 10.6. The van der Waals surface area contributed by atoms with Crippen LogP contribution in [-0.4, -0.2) is 17.4 Å². The molecule has 1 aliphatic carbocycles. The zero-order valence-electron chi connectivity index (χ0n) is 11.7. The average Bonchev–Trinajstić information content (AvgIpc) is 3.29. The molecule has 11 heteroatoms. The Bertz CT molecular complexity index is 597. The standard InChI is InChI=1S/C11H18N7O3P/c12-8(3-4-15-22)20-5-7-9(6-1-2-6)17-21-10(7)18(14)11(19)16-13/h3-4,6H,1-2,5,12-14,22H2,(H,16,19). The fourth-order valence-electron chi connectivity index (χ4n) is 1.80. The maximum Gasteiger partial charge on any atom is 0.353 e. The molecule has 0 aliphatic heterocycles. The van der Waals surface area contributed by atoms with Crippen LogP contribution in [-0.2, 0) is 11.3 Å². The van der Waals surface area contributed by atoms with Crippen LogP contribution < -0.4 is 27.9 Å². The number of ether oxygens (including phenoxy) is 1. The third-order valence-electron chi connectivity index (χ3n) is 3.03. The molecule has 0 aromatic carbocycles. The summed E-state index contributed by atoms with van der Waals surface area (Å²) < 4.78 is 14.3. The van der Waals surface area contributed by atoms with E-state index in [9.17, 15) is 4.79 Å². The smallest absolute Gasteiger partial charge is 0.353 e. The molecule has 120 valence electrons. The Labute approximate surface area is 128 Å². The van der Waals surface area contributed by atoms with Crippen LogP contribution in [0.4, 0.5) is 10.7 Å². The fourth-order valence-corrected chi connectivity index (χ4v) is 1.88. The Hall–Kier alpha value is -2.16. The quantitative estimate of drug-likeness (QED) is 0.143. The Morgan fingerprint density at radius 3 is 2.95 bits per heavy atom. The number of nitrogens with zero attached hydrogens (tertiary/aromatic N) is 3. The minimum atomic E-state index is -0.738. The van der Waals surface area contributed by atoms with Gasteiger partial charge in [-0.3, -0.25) is 10.2 Å². The number of anilines is 1. The van der Waals surface area contributed by atoms with Gasteiger partial charge in [0, 0.05) is 18.2 Å². The first-order valence-corrected chi connectivity index (χ1v) is 6.95. The topological polar surface area (TPSA) is 158 Å². The number of allylic oxidation sites excluding steroid dienone is 1. The van der Waals surface area contributed by atoms with E-state index >= 15 is 0 Å². The van der Waals surface area contributed by atoms with Crippen LogP contribution >= 0.6 is 9.39 Å². The number of hydrogen-bond acceptors (Lipinski definition) is 8. The van der Waals surface area contributed by atoms with Gasteiger partial charge in [-0.15, -0.1) is 0 Å². The molecule has 1 atom stereocenters. The van der Waals surface area contributed by atoms with E-state index in [4.69, 9.17) is 26.7 Å². The molecule has 1 aromatic rings. The number of hydrazine groups is 2. The summed E-state index contributed by atoms with van der Waals surface area (Å²) in [6.07, 6.45) is 4.95. The molecule has 1 fully saturated rings. The lowest BCUT2D eigenvalue weighted by Crippen LogP contribution is -2.47. The van der Waals surface area contributed by atoms with Crippen molar-refractivity contribution in [2.75, 3.05) is 5.01 Å². The molecule has 1 aliphatic rings. The summed E-state index contributed by atoms with van der Waals surface area (Å²) in [5.41, 5.74) is 8.86. The summed E-state index contributed by atoms with van der Waals surface area (Å²) in [6.45, 7) is 0.0588. The Balaban J connectivity index is 2.19. The molecule has 7 N–H and O–H groups in total. The Morgan fingerprint density at radius 1 is 1.64 bits per heavy atom. The second kappa shape index (κ2) is 7.21. The number of carbonyl (C=O) groups is 1. The van der Waals surface area contributed by atoms with Gasteiger partial charge in [0.2, 0.25) is 0 Å². The van der Waals surface area contributed by atoms with E-state index in [-0.39, 0.29) is 24.3 Å². The first-order valence-electron chi connectivity index (χ1n) is 6.44. The van der Waals surface area contributed by atoms with Gasteiger partial charge in [0.1, 0.15) is 6.61 Å². The SMILES string of the molecule is NNC(=O)N(N)c1onc(C2CC2)c1COC(N)=CC=NP. The van der Waals surface area contributed by atoms with Crippen molar-refractivity contribution < 1.29 is 14.1 Å². The van der Waals surface area contributed by atoms with Crippen molar-refractivity contribution in [2.24, 2.45) is 22.2 Å². The highest BCUT2D eigenvalue weighted by Crippen LogP contribution is 2.43. The molecule has 1 saturated carbocycles. The van der Waals surface area contributed by atoms with E-state index in [0.717, 1.165) is 17.9 Å². The van der Waals surface area contributed by atoms with Crippen molar-refractivity contribution in [1.82, 2.24) is 10.6 Å². The van der Waals surface area contributed by atoms with Gasteiger partial charge in [-0.2, -0.15) is 5.01 Å². The zero-order chi connectivity index (χ0) is 16.1. The molecule has 2 amide bonds. The minimum absolute atomic E-state index is 0.0588. The summed E-state index contributed by atoms with van der Waals surface area (Å²) in [5, 5.41) is 4.71. The lowest BCUT2D eigenvalue weighted by atomic mass is 10.2. The van der Waals surface area contributed by atoms with Gasteiger partial charge in [0.15, 0.2) is 5.88 Å². The Kier molecular flexibility index (Phi) is 5.31. The van der Waals surface area contributed by atoms with Crippen molar-refractivity contribution in [2.45, 2.75) is 25.4 Å². The van der Waals surface area contributed by atoms with Crippen molar-refractivity contribution in [3.8, 4) is 0 Å². The molecule has 0 radical (unpaired) electrons. The lowest BCUT2D eigenvalue weighted by molar-refractivity contribution is 0.195. The van der Waals surface area contributed by atoms with Crippen LogP contribution in [0.15, 0.2) is 21.2 Å². The monoisotopic (exact) mass is 327 g/mol. The third kappa shape index (κ3) is 3.73. The van der Waals surface area contributed by atoms with Crippen molar-refractivity contribution in [1.29, 1.82) is 0 Å². The number of nitrogens with one attached hydrogen (secondary N) is 1. The van der Waals surface area contributed by atoms with Gasteiger partial charge in [-0.25, -0.2) is 16.5 Å². The molecule has 1 heterocycles. The number of aromatic nitrogens is 1. The average molecular weight is 327 g/mol.